The van der Waals surface area contributed by atoms with Crippen LogP contribution >= 0.6 is 0 Å². The van der Waals surface area contributed by atoms with Crippen LogP contribution in [0.3, 0.4) is 0 Å². The summed E-state index contributed by atoms with van der Waals surface area (Å²) in [5, 5.41) is 2.38. The van der Waals surface area contributed by atoms with Gasteiger partial charge in [-0.05, 0) is 6.92 Å². The first kappa shape index (κ1) is 4.30. The smallest absolute Gasteiger partial charge is 0.409 e. The number of piperazine rings is 1. The highest BCUT2D eigenvalue weighted by molar-refractivity contribution is 5.67. The lowest BCUT2D eigenvalue weighted by Gasteiger charge is -2.26. The second-order valence-corrected chi connectivity index (χ2v) is 2.01. The summed E-state index contributed by atoms with van der Waals surface area (Å²) in [5.74, 6) is 0. The minimum absolute atomic E-state index is 0.0886. The largest absolute Gasteiger partial charge is 0.450 e. The van der Waals surface area contributed by atoms with Gasteiger partial charge in [-0.2, -0.15) is 0 Å². The molecule has 1 amide bonds. The lowest BCUT2D eigenvalue weighted by atomic mass is 10.4. The number of carbonyl (C=O) groups is 1. The molecule has 1 N–H and O–H groups in total. The fourth-order valence-electron chi connectivity index (χ4n) is 0.731. The van der Waals surface area contributed by atoms with Gasteiger partial charge in [-0.1, -0.05) is 0 Å². The third-order valence-corrected chi connectivity index (χ3v) is 1.23. The fraction of sp³-hybridized carbons (Fsp3) is 0.857. The molecule has 4 nitrogen and oxygen atoms in total. The molecule has 0 bridgehead atoms. The van der Waals surface area contributed by atoms with Crippen LogP contribution in [-0.2, 0) is 4.74 Å². The molecular formula is C7H14N2O2. The zero-order chi connectivity index (χ0) is 11.7. The van der Waals surface area contributed by atoms with Gasteiger partial charge in [0, 0.05) is 28.8 Å². The molecule has 0 unspecified atom stereocenters. The average molecular weight is 162 g/mol. The number of amides is 1. The van der Waals surface area contributed by atoms with Crippen molar-refractivity contribution in [2.24, 2.45) is 0 Å². The lowest BCUT2D eigenvalue weighted by Crippen LogP contribution is -2.46. The van der Waals surface area contributed by atoms with Crippen molar-refractivity contribution in [3.63, 3.8) is 0 Å². The molecular weight excluding hydrogens is 144 g/mol. The summed E-state index contributed by atoms with van der Waals surface area (Å²) in [7, 11) is 0. The standard InChI is InChI=1S/C7H14N2O2/c1-2-11-7(10)9-5-3-8-4-6-9/h8H,2-6H2,1H3/i3D2,5D2. The Kier molecular flexibility index (Phi) is 1.64. The molecule has 1 rings (SSSR count). The van der Waals surface area contributed by atoms with Gasteiger partial charge in [0.1, 0.15) is 0 Å². The zero-order valence-electron chi connectivity index (χ0n) is 10.4. The molecule has 1 fully saturated rings. The Morgan fingerprint density at radius 1 is 1.91 bits per heavy atom. The molecule has 0 aromatic carbocycles. The maximum atomic E-state index is 11.4. The molecule has 0 spiro atoms. The summed E-state index contributed by atoms with van der Waals surface area (Å²) in [6.45, 7) is -2.63. The number of hydrogen-bond donors (Lipinski definition) is 1. The number of rotatable bonds is 1. The molecule has 1 saturated heterocycles. The molecule has 1 aliphatic heterocycles. The van der Waals surface area contributed by atoms with Crippen molar-refractivity contribution in [1.29, 1.82) is 0 Å². The first-order valence-corrected chi connectivity index (χ1v) is 3.52. The van der Waals surface area contributed by atoms with Gasteiger partial charge < -0.3 is 15.0 Å². The van der Waals surface area contributed by atoms with Gasteiger partial charge in [0.2, 0.25) is 0 Å². The summed E-state index contributed by atoms with van der Waals surface area (Å²) >= 11 is 0. The average Bonchev–Trinajstić information content (AvgIpc) is 2.10. The second kappa shape index (κ2) is 4.18. The quantitative estimate of drug-likeness (QED) is 0.592. The molecule has 0 saturated carbocycles. The summed E-state index contributed by atoms with van der Waals surface area (Å²) in [4.78, 5) is 12.1. The first-order chi connectivity index (χ1) is 6.83. The van der Waals surface area contributed by atoms with E-state index in [4.69, 9.17) is 5.48 Å². The van der Waals surface area contributed by atoms with E-state index in [0.717, 1.165) is 4.90 Å². The topological polar surface area (TPSA) is 41.6 Å². The molecule has 11 heavy (non-hydrogen) atoms. The number of carbonyl (C=O) groups excluding carboxylic acids is 1. The molecule has 1 aliphatic rings. The minimum Gasteiger partial charge on any atom is -0.450 e. The molecule has 0 aromatic heterocycles. The number of nitrogens with zero attached hydrogens (tertiary/aromatic N) is 1. The first-order valence-electron chi connectivity index (χ1n) is 5.52. The Bertz CT molecular complexity index is 259. The van der Waals surface area contributed by atoms with Crippen LogP contribution in [0.1, 0.15) is 12.4 Å². The number of nitrogens with one attached hydrogen (secondary N) is 1. The van der Waals surface area contributed by atoms with E-state index in [9.17, 15) is 4.79 Å². The Morgan fingerprint density at radius 2 is 2.73 bits per heavy atom. The van der Waals surface area contributed by atoms with Crippen LogP contribution in [-0.4, -0.2) is 43.7 Å². The van der Waals surface area contributed by atoms with Crippen LogP contribution in [0.5, 0.6) is 0 Å². The predicted molar refractivity (Wildman–Crippen MR) is 41.5 cm³/mol. The van der Waals surface area contributed by atoms with E-state index >= 15 is 0 Å². The maximum absolute atomic E-state index is 11.4. The molecule has 0 radical (unpaired) electrons. The molecule has 0 atom stereocenters. The van der Waals surface area contributed by atoms with Gasteiger partial charge in [0.05, 0.1) is 9.35 Å². The van der Waals surface area contributed by atoms with E-state index in [2.05, 4.69) is 10.1 Å². The second-order valence-electron chi connectivity index (χ2n) is 2.01. The molecule has 0 aromatic rings. The monoisotopic (exact) mass is 162 g/mol. The normalized spacial score (nSPS) is 32.6. The highest BCUT2D eigenvalue weighted by atomic mass is 16.6. The highest BCUT2D eigenvalue weighted by Crippen LogP contribution is 1.95. The van der Waals surface area contributed by atoms with Crippen molar-refractivity contribution in [3.8, 4) is 0 Å². The van der Waals surface area contributed by atoms with Crippen LogP contribution in [0.15, 0.2) is 0 Å². The van der Waals surface area contributed by atoms with E-state index in [1.165, 1.54) is 0 Å². The van der Waals surface area contributed by atoms with Crippen LogP contribution in [0, 0.1) is 0 Å². The van der Waals surface area contributed by atoms with E-state index in [1.807, 2.05) is 0 Å². The third kappa shape index (κ3) is 2.38. The van der Waals surface area contributed by atoms with Gasteiger partial charge in [0.15, 0.2) is 0 Å². The predicted octanol–water partition coefficient (Wildman–Crippen LogP) is 0.0481. The van der Waals surface area contributed by atoms with Crippen molar-refractivity contribution < 1.29 is 15.0 Å². The van der Waals surface area contributed by atoms with Crippen LogP contribution in [0.2, 0.25) is 0 Å². The summed E-state index contributed by atoms with van der Waals surface area (Å²) in [6.07, 6.45) is -0.826. The van der Waals surface area contributed by atoms with E-state index in [0.29, 0.717) is 0 Å². The van der Waals surface area contributed by atoms with Crippen LogP contribution < -0.4 is 5.32 Å². The van der Waals surface area contributed by atoms with E-state index in [1.54, 1.807) is 6.92 Å². The van der Waals surface area contributed by atoms with Gasteiger partial charge in [-0.3, -0.25) is 0 Å². The van der Waals surface area contributed by atoms with Crippen LogP contribution in [0.4, 0.5) is 4.79 Å². The van der Waals surface area contributed by atoms with E-state index < -0.39 is 19.1 Å². The molecule has 0 aliphatic carbocycles. The highest BCUT2D eigenvalue weighted by Gasteiger charge is 2.15. The lowest BCUT2D eigenvalue weighted by molar-refractivity contribution is 0.102. The van der Waals surface area contributed by atoms with E-state index in [-0.39, 0.29) is 19.7 Å². The molecule has 1 heterocycles. The number of ether oxygens (including phenoxy) is 1. The molecule has 64 valence electrons. The van der Waals surface area contributed by atoms with Crippen molar-refractivity contribution in [2.45, 2.75) is 6.92 Å². The maximum Gasteiger partial charge on any atom is 0.409 e. The SMILES string of the molecule is [2H]C1([2H])NCCN(C(=O)OCC)C1([2H])[2H]. The van der Waals surface area contributed by atoms with Crippen molar-refractivity contribution in [3.05, 3.63) is 0 Å². The Hall–Kier alpha value is -0.770. The molecule has 4 heteroatoms. The summed E-state index contributed by atoms with van der Waals surface area (Å²) < 4.78 is 34.6. The van der Waals surface area contributed by atoms with Gasteiger partial charge in [-0.25, -0.2) is 4.79 Å². The van der Waals surface area contributed by atoms with Crippen molar-refractivity contribution in [1.82, 2.24) is 10.2 Å². The zero-order valence-corrected chi connectivity index (χ0v) is 6.39. The van der Waals surface area contributed by atoms with Crippen molar-refractivity contribution >= 4 is 6.09 Å². The van der Waals surface area contributed by atoms with Gasteiger partial charge >= 0.3 is 6.09 Å². The Morgan fingerprint density at radius 3 is 3.45 bits per heavy atom. The van der Waals surface area contributed by atoms with Crippen LogP contribution in [0.25, 0.3) is 0 Å². The number of hydrogen-bond acceptors (Lipinski definition) is 3. The summed E-state index contributed by atoms with van der Waals surface area (Å²) in [6, 6.07) is 0. The minimum atomic E-state index is -2.41. The van der Waals surface area contributed by atoms with Gasteiger partial charge in [0.25, 0.3) is 0 Å². The third-order valence-electron chi connectivity index (χ3n) is 1.23. The fourth-order valence-corrected chi connectivity index (χ4v) is 0.731. The Balaban J connectivity index is 2.85. The van der Waals surface area contributed by atoms with Gasteiger partial charge in [-0.15, -0.1) is 0 Å². The van der Waals surface area contributed by atoms with Crippen molar-refractivity contribution in [2.75, 3.05) is 32.7 Å². The Labute approximate surface area is 72.1 Å². The summed E-state index contributed by atoms with van der Waals surface area (Å²) in [5.41, 5.74) is 0.